The molecule has 0 aromatic heterocycles. The first-order valence-corrected chi connectivity index (χ1v) is 7.33. The van der Waals surface area contributed by atoms with Gasteiger partial charge in [-0.2, -0.15) is 0 Å². The van der Waals surface area contributed by atoms with E-state index in [9.17, 15) is 14.4 Å². The van der Waals surface area contributed by atoms with E-state index in [4.69, 9.17) is 0 Å². The number of carbonyl (C=O) groups is 3. The van der Waals surface area contributed by atoms with Crippen LogP contribution in [0.1, 0.15) is 58.3 Å². The average Bonchev–Trinajstić information content (AvgIpc) is 2.63. The fraction of sp³-hybridized carbons (Fsp3) is 0.786. The van der Waals surface area contributed by atoms with Gasteiger partial charge in [-0.15, -0.1) is 0 Å². The fourth-order valence-corrected chi connectivity index (χ4v) is 3.04. The topological polar surface area (TPSA) is 66.5 Å². The van der Waals surface area contributed by atoms with Crippen LogP contribution in [0.2, 0.25) is 0 Å². The van der Waals surface area contributed by atoms with E-state index in [1.807, 2.05) is 6.92 Å². The smallest absolute Gasteiger partial charge is 0.277 e. The lowest BCUT2D eigenvalue weighted by molar-refractivity contribution is -0.144. The van der Waals surface area contributed by atoms with Crippen LogP contribution in [0.5, 0.6) is 0 Å². The number of imide groups is 2. The summed E-state index contributed by atoms with van der Waals surface area (Å²) < 4.78 is 0. The summed E-state index contributed by atoms with van der Waals surface area (Å²) in [4.78, 5) is 37.4. The molecule has 4 amide bonds. The summed E-state index contributed by atoms with van der Waals surface area (Å²) in [6, 6.07) is -0.545. The predicted molar refractivity (Wildman–Crippen MR) is 70.3 cm³/mol. The summed E-state index contributed by atoms with van der Waals surface area (Å²) in [5.74, 6) is -1.39. The van der Waals surface area contributed by atoms with Gasteiger partial charge in [0, 0.05) is 6.04 Å². The largest absolute Gasteiger partial charge is 0.331 e. The minimum Gasteiger partial charge on any atom is -0.277 e. The number of nitrogens with one attached hydrogen (secondary N) is 1. The lowest BCUT2D eigenvalue weighted by atomic mass is 9.96. The van der Waals surface area contributed by atoms with E-state index in [-0.39, 0.29) is 11.9 Å². The lowest BCUT2D eigenvalue weighted by Gasteiger charge is -2.35. The molecule has 0 radical (unpaired) electrons. The maximum Gasteiger partial charge on any atom is 0.331 e. The van der Waals surface area contributed by atoms with Gasteiger partial charge in [-0.3, -0.25) is 19.8 Å². The molecule has 106 valence electrons. The maximum absolute atomic E-state index is 12.4. The Kier molecular flexibility index (Phi) is 4.56. The van der Waals surface area contributed by atoms with Crippen LogP contribution in [0, 0.1) is 5.92 Å². The molecule has 1 aliphatic carbocycles. The fourth-order valence-electron chi connectivity index (χ4n) is 3.04. The monoisotopic (exact) mass is 266 g/mol. The first-order valence-electron chi connectivity index (χ1n) is 7.33. The second kappa shape index (κ2) is 6.17. The summed E-state index contributed by atoms with van der Waals surface area (Å²) >= 11 is 0. The van der Waals surface area contributed by atoms with E-state index < -0.39 is 17.9 Å². The van der Waals surface area contributed by atoms with Crippen LogP contribution in [-0.2, 0) is 9.59 Å². The Hall–Kier alpha value is -1.39. The van der Waals surface area contributed by atoms with Gasteiger partial charge in [0.05, 0.1) is 0 Å². The molecule has 5 nitrogen and oxygen atoms in total. The van der Waals surface area contributed by atoms with E-state index in [0.717, 1.165) is 44.9 Å². The van der Waals surface area contributed by atoms with Gasteiger partial charge < -0.3 is 0 Å². The molecule has 2 aliphatic rings. The van der Waals surface area contributed by atoms with Crippen molar-refractivity contribution in [3.05, 3.63) is 0 Å². The first kappa shape index (κ1) is 14.0. The molecule has 0 spiro atoms. The zero-order valence-corrected chi connectivity index (χ0v) is 11.5. The van der Waals surface area contributed by atoms with Gasteiger partial charge in [-0.25, -0.2) is 4.79 Å². The van der Waals surface area contributed by atoms with E-state index >= 15 is 0 Å². The highest BCUT2D eigenvalue weighted by molar-refractivity contribution is 6.16. The molecule has 1 saturated heterocycles. The molecular weight excluding hydrogens is 244 g/mol. The Labute approximate surface area is 113 Å². The highest BCUT2D eigenvalue weighted by Gasteiger charge is 2.42. The minimum atomic E-state index is -0.675. The van der Waals surface area contributed by atoms with Crippen molar-refractivity contribution >= 4 is 17.8 Å². The van der Waals surface area contributed by atoms with Gasteiger partial charge in [0.25, 0.3) is 0 Å². The van der Waals surface area contributed by atoms with Crippen molar-refractivity contribution in [2.24, 2.45) is 5.92 Å². The van der Waals surface area contributed by atoms with Crippen LogP contribution in [0.25, 0.3) is 0 Å². The summed E-state index contributed by atoms with van der Waals surface area (Å²) in [6.07, 6.45) is 7.44. The summed E-state index contributed by atoms with van der Waals surface area (Å²) in [6.45, 7) is 1.94. The summed E-state index contributed by atoms with van der Waals surface area (Å²) in [5.41, 5.74) is 0. The Morgan fingerprint density at radius 3 is 2.32 bits per heavy atom. The minimum absolute atomic E-state index is 0.0255. The van der Waals surface area contributed by atoms with Crippen molar-refractivity contribution in [3.63, 3.8) is 0 Å². The standard InChI is InChI=1S/C14H22N2O3/c1-2-7-11-12(17)15-14(19)16(13(11)18)10-8-5-3-4-6-9-10/h10-11H,2-9H2,1H3,(H,15,17,19). The quantitative estimate of drug-likeness (QED) is 0.629. The van der Waals surface area contributed by atoms with Gasteiger partial charge in [0.2, 0.25) is 11.8 Å². The van der Waals surface area contributed by atoms with Crippen molar-refractivity contribution in [1.82, 2.24) is 10.2 Å². The molecule has 1 saturated carbocycles. The van der Waals surface area contributed by atoms with Crippen molar-refractivity contribution in [2.75, 3.05) is 0 Å². The normalized spacial score (nSPS) is 26.3. The van der Waals surface area contributed by atoms with Gasteiger partial charge >= 0.3 is 6.03 Å². The van der Waals surface area contributed by atoms with Crippen LogP contribution < -0.4 is 5.32 Å². The highest BCUT2D eigenvalue weighted by atomic mass is 16.2. The third-order valence-electron chi connectivity index (χ3n) is 4.07. The van der Waals surface area contributed by atoms with Gasteiger partial charge in [-0.1, -0.05) is 39.0 Å². The Morgan fingerprint density at radius 2 is 1.74 bits per heavy atom. The summed E-state index contributed by atoms with van der Waals surface area (Å²) in [5, 5.41) is 2.34. The van der Waals surface area contributed by atoms with Crippen molar-refractivity contribution in [2.45, 2.75) is 64.3 Å². The second-order valence-corrected chi connectivity index (χ2v) is 5.49. The molecule has 1 unspecified atom stereocenters. The van der Waals surface area contributed by atoms with Gasteiger partial charge in [0.1, 0.15) is 5.92 Å². The van der Waals surface area contributed by atoms with Crippen LogP contribution >= 0.6 is 0 Å². The van der Waals surface area contributed by atoms with Crippen LogP contribution in [-0.4, -0.2) is 28.8 Å². The van der Waals surface area contributed by atoms with E-state index in [1.165, 1.54) is 4.90 Å². The molecule has 0 aromatic rings. The Bertz CT molecular complexity index is 373. The molecule has 0 aromatic carbocycles. The van der Waals surface area contributed by atoms with Crippen molar-refractivity contribution < 1.29 is 14.4 Å². The zero-order chi connectivity index (χ0) is 13.8. The molecule has 1 atom stereocenters. The van der Waals surface area contributed by atoms with Crippen molar-refractivity contribution in [1.29, 1.82) is 0 Å². The molecule has 19 heavy (non-hydrogen) atoms. The number of hydrogen-bond donors (Lipinski definition) is 1. The van der Waals surface area contributed by atoms with E-state index in [0.29, 0.717) is 6.42 Å². The van der Waals surface area contributed by atoms with E-state index in [2.05, 4.69) is 5.32 Å². The third-order valence-corrected chi connectivity index (χ3v) is 4.07. The number of rotatable bonds is 3. The van der Waals surface area contributed by atoms with Gasteiger partial charge in [-0.05, 0) is 19.3 Å². The molecule has 1 aliphatic heterocycles. The highest BCUT2D eigenvalue weighted by Crippen LogP contribution is 2.26. The number of carbonyl (C=O) groups excluding carboxylic acids is 3. The maximum atomic E-state index is 12.4. The summed E-state index contributed by atoms with van der Waals surface area (Å²) in [7, 11) is 0. The molecule has 1 heterocycles. The van der Waals surface area contributed by atoms with Crippen molar-refractivity contribution in [3.8, 4) is 0 Å². The molecule has 2 rings (SSSR count). The van der Waals surface area contributed by atoms with Crippen LogP contribution in [0.4, 0.5) is 4.79 Å². The predicted octanol–water partition coefficient (Wildman–Crippen LogP) is 2.20. The van der Waals surface area contributed by atoms with Crippen LogP contribution in [0.3, 0.4) is 0 Å². The van der Waals surface area contributed by atoms with E-state index in [1.54, 1.807) is 0 Å². The lowest BCUT2D eigenvalue weighted by Crippen LogP contribution is -2.60. The number of nitrogens with zero attached hydrogens (tertiary/aromatic N) is 1. The first-order chi connectivity index (χ1) is 9.15. The molecule has 2 fully saturated rings. The third kappa shape index (κ3) is 2.96. The van der Waals surface area contributed by atoms with Gasteiger partial charge in [0.15, 0.2) is 0 Å². The Morgan fingerprint density at radius 1 is 1.11 bits per heavy atom. The number of amides is 4. The number of urea groups is 1. The molecule has 1 N–H and O–H groups in total. The number of barbiturate groups is 1. The molecular formula is C14H22N2O3. The van der Waals surface area contributed by atoms with Crippen LogP contribution in [0.15, 0.2) is 0 Å². The molecule has 0 bridgehead atoms. The SMILES string of the molecule is CCCC1C(=O)NC(=O)N(C2CCCCCC2)C1=O. The zero-order valence-electron chi connectivity index (χ0n) is 11.5. The second-order valence-electron chi connectivity index (χ2n) is 5.49. The number of hydrogen-bond acceptors (Lipinski definition) is 3. The Balaban J connectivity index is 2.14. The average molecular weight is 266 g/mol. The molecule has 5 heteroatoms.